The summed E-state index contributed by atoms with van der Waals surface area (Å²) in [7, 11) is 1.56. The lowest BCUT2D eigenvalue weighted by Gasteiger charge is -2.09. The third-order valence-corrected chi connectivity index (χ3v) is 4.84. The van der Waals surface area contributed by atoms with E-state index in [1.807, 2.05) is 12.1 Å². The molecule has 0 spiro atoms. The van der Waals surface area contributed by atoms with Gasteiger partial charge in [-0.25, -0.2) is 4.98 Å². The van der Waals surface area contributed by atoms with Crippen LogP contribution in [0, 0.1) is 0 Å². The molecule has 30 heavy (non-hydrogen) atoms. The van der Waals surface area contributed by atoms with Crippen LogP contribution in [0.5, 0.6) is 11.5 Å². The maximum atomic E-state index is 12.3. The zero-order chi connectivity index (χ0) is 21.5. The molecule has 0 bridgehead atoms. The molecule has 0 aliphatic carbocycles. The van der Waals surface area contributed by atoms with E-state index in [1.54, 1.807) is 43.5 Å². The fourth-order valence-corrected chi connectivity index (χ4v) is 3.54. The van der Waals surface area contributed by atoms with Crippen LogP contribution in [-0.2, 0) is 9.59 Å². The van der Waals surface area contributed by atoms with Crippen LogP contribution in [0.25, 0.3) is 16.3 Å². The van der Waals surface area contributed by atoms with E-state index in [1.165, 1.54) is 24.3 Å². The molecule has 3 rings (SSSR count). The minimum atomic E-state index is -0.304. The number of thiazole rings is 1. The number of hydrogen-bond acceptors (Lipinski definition) is 6. The number of hydrogen-bond donors (Lipinski definition) is 2. The summed E-state index contributed by atoms with van der Waals surface area (Å²) in [4.78, 5) is 27.9. The molecule has 1 heterocycles. The first kappa shape index (κ1) is 21.1. The molecule has 3 aromatic rings. The monoisotopic (exact) mass is 423 g/mol. The fraction of sp³-hybridized carbons (Fsp3) is 0.136. The summed E-state index contributed by atoms with van der Waals surface area (Å²) in [6.07, 6.45) is 4.76. The fourth-order valence-electron chi connectivity index (χ4n) is 2.63. The number of aromatic nitrogens is 1. The summed E-state index contributed by atoms with van der Waals surface area (Å²) in [6.45, 7) is 5.45. The van der Waals surface area contributed by atoms with Gasteiger partial charge in [0.2, 0.25) is 11.8 Å². The minimum absolute atomic E-state index is 0.144. The Balaban J connectivity index is 1.68. The zero-order valence-corrected chi connectivity index (χ0v) is 17.4. The Labute approximate surface area is 178 Å². The molecule has 0 radical (unpaired) electrons. The minimum Gasteiger partial charge on any atom is -0.493 e. The number of fused-ring (bicyclic) bond motifs is 1. The van der Waals surface area contributed by atoms with E-state index in [9.17, 15) is 9.59 Å². The van der Waals surface area contributed by atoms with E-state index in [0.717, 1.165) is 15.8 Å². The number of rotatable bonds is 8. The molecule has 2 N–H and O–H groups in total. The third-order valence-electron chi connectivity index (χ3n) is 3.91. The maximum absolute atomic E-state index is 12.3. The van der Waals surface area contributed by atoms with Crippen molar-refractivity contribution in [3.63, 3.8) is 0 Å². The van der Waals surface area contributed by atoms with E-state index in [0.29, 0.717) is 28.9 Å². The van der Waals surface area contributed by atoms with E-state index >= 15 is 0 Å². The van der Waals surface area contributed by atoms with Crippen molar-refractivity contribution in [2.24, 2.45) is 0 Å². The van der Waals surface area contributed by atoms with Crippen LogP contribution in [0.3, 0.4) is 0 Å². The van der Waals surface area contributed by atoms with Gasteiger partial charge in [0.05, 0.1) is 17.3 Å². The molecule has 0 saturated carbocycles. The van der Waals surface area contributed by atoms with Gasteiger partial charge in [-0.1, -0.05) is 30.1 Å². The molecule has 8 heteroatoms. The van der Waals surface area contributed by atoms with Crippen LogP contribution < -0.4 is 20.1 Å². The van der Waals surface area contributed by atoms with Gasteiger partial charge in [0.1, 0.15) is 6.61 Å². The summed E-state index contributed by atoms with van der Waals surface area (Å²) in [5.74, 6) is 0.726. The highest BCUT2D eigenvalue weighted by molar-refractivity contribution is 7.22. The number of amides is 2. The van der Waals surface area contributed by atoms with Gasteiger partial charge < -0.3 is 14.8 Å². The highest BCUT2D eigenvalue weighted by atomic mass is 32.1. The molecular formula is C22H21N3O4S. The van der Waals surface area contributed by atoms with Crippen LogP contribution >= 0.6 is 11.3 Å². The summed E-state index contributed by atoms with van der Waals surface area (Å²) in [6, 6.07) is 10.8. The Kier molecular flexibility index (Phi) is 6.82. The van der Waals surface area contributed by atoms with Gasteiger partial charge in [-0.05, 0) is 42.0 Å². The van der Waals surface area contributed by atoms with Crippen molar-refractivity contribution in [1.29, 1.82) is 0 Å². The highest BCUT2D eigenvalue weighted by Crippen LogP contribution is 2.29. The second-order valence-corrected chi connectivity index (χ2v) is 7.25. The predicted molar refractivity (Wildman–Crippen MR) is 120 cm³/mol. The second kappa shape index (κ2) is 9.71. The average Bonchev–Trinajstić information content (AvgIpc) is 3.11. The van der Waals surface area contributed by atoms with Crippen LogP contribution in [-0.4, -0.2) is 30.5 Å². The Bertz CT molecular complexity index is 1120. The van der Waals surface area contributed by atoms with Gasteiger partial charge in [0, 0.05) is 18.7 Å². The van der Waals surface area contributed by atoms with Crippen molar-refractivity contribution in [3.05, 3.63) is 60.7 Å². The Morgan fingerprint density at radius 3 is 2.73 bits per heavy atom. The van der Waals surface area contributed by atoms with Crippen molar-refractivity contribution < 1.29 is 19.1 Å². The smallest absolute Gasteiger partial charge is 0.250 e. The van der Waals surface area contributed by atoms with E-state index in [-0.39, 0.29) is 11.8 Å². The van der Waals surface area contributed by atoms with Crippen molar-refractivity contribution in [1.82, 2.24) is 4.98 Å². The molecule has 7 nitrogen and oxygen atoms in total. The number of carbonyl (C=O) groups excluding carboxylic acids is 2. The molecule has 2 aromatic carbocycles. The van der Waals surface area contributed by atoms with Gasteiger partial charge in [-0.2, -0.15) is 0 Å². The molecule has 1 aromatic heterocycles. The number of benzene rings is 2. The van der Waals surface area contributed by atoms with E-state index in [4.69, 9.17) is 9.47 Å². The van der Waals surface area contributed by atoms with Crippen molar-refractivity contribution >= 4 is 50.3 Å². The van der Waals surface area contributed by atoms with Crippen LogP contribution in [0.4, 0.5) is 10.8 Å². The summed E-state index contributed by atoms with van der Waals surface area (Å²) in [5, 5.41) is 5.96. The van der Waals surface area contributed by atoms with Crippen molar-refractivity contribution in [2.45, 2.75) is 6.92 Å². The lowest BCUT2D eigenvalue weighted by molar-refractivity contribution is -0.114. The summed E-state index contributed by atoms with van der Waals surface area (Å²) >= 11 is 1.33. The largest absolute Gasteiger partial charge is 0.493 e. The number of carbonyl (C=O) groups is 2. The Hall–Kier alpha value is -3.65. The lowest BCUT2D eigenvalue weighted by Crippen LogP contribution is -2.07. The molecule has 2 amide bonds. The first-order valence-corrected chi connectivity index (χ1v) is 9.89. The Morgan fingerprint density at radius 1 is 1.17 bits per heavy atom. The number of nitrogens with zero attached hydrogens (tertiary/aromatic N) is 1. The molecule has 0 fully saturated rings. The van der Waals surface area contributed by atoms with Crippen molar-refractivity contribution in [3.8, 4) is 11.5 Å². The van der Waals surface area contributed by atoms with Gasteiger partial charge in [0.15, 0.2) is 16.6 Å². The van der Waals surface area contributed by atoms with E-state index in [2.05, 4.69) is 22.2 Å². The number of anilines is 2. The number of methoxy groups -OCH3 is 1. The third kappa shape index (κ3) is 5.45. The van der Waals surface area contributed by atoms with E-state index < -0.39 is 0 Å². The first-order valence-electron chi connectivity index (χ1n) is 9.07. The molecule has 0 atom stereocenters. The highest BCUT2D eigenvalue weighted by Gasteiger charge is 2.08. The molecule has 154 valence electrons. The van der Waals surface area contributed by atoms with Crippen LogP contribution in [0.1, 0.15) is 12.5 Å². The number of nitrogens with one attached hydrogen (secondary N) is 2. The first-order chi connectivity index (χ1) is 14.5. The average molecular weight is 423 g/mol. The second-order valence-electron chi connectivity index (χ2n) is 6.22. The lowest BCUT2D eigenvalue weighted by atomic mass is 10.2. The molecular weight excluding hydrogens is 402 g/mol. The van der Waals surface area contributed by atoms with Gasteiger partial charge >= 0.3 is 0 Å². The summed E-state index contributed by atoms with van der Waals surface area (Å²) in [5.41, 5.74) is 2.22. The van der Waals surface area contributed by atoms with Crippen LogP contribution in [0.2, 0.25) is 0 Å². The van der Waals surface area contributed by atoms with Crippen molar-refractivity contribution in [2.75, 3.05) is 24.4 Å². The molecule has 0 aliphatic rings. The zero-order valence-electron chi connectivity index (χ0n) is 16.6. The number of ether oxygens (including phenoxy) is 2. The standard InChI is InChI=1S/C22H21N3O4S/c1-4-11-29-18-9-5-15(12-19(18)28-3)6-10-21(27)25-22-24-17-8-7-16(23-14(2)26)13-20(17)30-22/h4-10,12-13H,1,11H2,2-3H3,(H,23,26)(H,24,25,27)/b10-6+. The van der Waals surface area contributed by atoms with Gasteiger partial charge in [-0.15, -0.1) is 0 Å². The SMILES string of the molecule is C=CCOc1ccc(/C=C/C(=O)Nc2nc3ccc(NC(C)=O)cc3s2)cc1OC. The van der Waals surface area contributed by atoms with Gasteiger partial charge in [-0.3, -0.25) is 14.9 Å². The predicted octanol–water partition coefficient (Wildman–Crippen LogP) is 4.48. The Morgan fingerprint density at radius 2 is 2.00 bits per heavy atom. The quantitative estimate of drug-likeness (QED) is 0.412. The topological polar surface area (TPSA) is 89.5 Å². The van der Waals surface area contributed by atoms with Gasteiger partial charge in [0.25, 0.3) is 0 Å². The maximum Gasteiger partial charge on any atom is 0.250 e. The molecule has 0 unspecified atom stereocenters. The summed E-state index contributed by atoms with van der Waals surface area (Å²) < 4.78 is 11.7. The molecule has 0 saturated heterocycles. The van der Waals surface area contributed by atoms with Crippen LogP contribution in [0.15, 0.2) is 55.1 Å². The molecule has 0 aliphatic heterocycles. The normalized spacial score (nSPS) is 10.7.